The van der Waals surface area contributed by atoms with Crippen LogP contribution in [0, 0.1) is 0 Å². The molecule has 0 saturated carbocycles. The zero-order chi connectivity index (χ0) is 12.7. The van der Waals surface area contributed by atoms with Crippen LogP contribution in [0.5, 0.6) is 0 Å². The van der Waals surface area contributed by atoms with Gasteiger partial charge in [0.15, 0.2) is 0 Å². The van der Waals surface area contributed by atoms with Crippen molar-refractivity contribution in [1.29, 1.82) is 0 Å². The lowest BCUT2D eigenvalue weighted by atomic mass is 10.1. The number of nitrogens with zero attached hydrogens (tertiary/aromatic N) is 2. The van der Waals surface area contributed by atoms with E-state index in [9.17, 15) is 0 Å². The van der Waals surface area contributed by atoms with Crippen LogP contribution >= 0.6 is 0 Å². The van der Waals surface area contributed by atoms with E-state index < -0.39 is 0 Å². The highest BCUT2D eigenvalue weighted by Crippen LogP contribution is 2.20. The molecule has 0 saturated heterocycles. The summed E-state index contributed by atoms with van der Waals surface area (Å²) in [4.78, 5) is 0. The maximum Gasteiger partial charge on any atom is 0.0537 e. The maximum absolute atomic E-state index is 4.58. The third kappa shape index (κ3) is 3.56. The SMILES string of the molecule is CCCNCc1cnn(C(CC)CC)c1CC. The molecule has 0 spiro atoms. The lowest BCUT2D eigenvalue weighted by Crippen LogP contribution is -2.16. The minimum atomic E-state index is 0.560. The van der Waals surface area contributed by atoms with Crippen LogP contribution < -0.4 is 5.32 Å². The first-order valence-electron chi connectivity index (χ1n) is 7.04. The van der Waals surface area contributed by atoms with Gasteiger partial charge in [-0.05, 0) is 32.2 Å². The molecule has 0 aliphatic carbocycles. The topological polar surface area (TPSA) is 29.9 Å². The summed E-state index contributed by atoms with van der Waals surface area (Å²) >= 11 is 0. The molecule has 0 fully saturated rings. The molecule has 0 unspecified atom stereocenters. The van der Waals surface area contributed by atoms with Crippen LogP contribution in [0.3, 0.4) is 0 Å². The third-order valence-corrected chi connectivity index (χ3v) is 3.35. The summed E-state index contributed by atoms with van der Waals surface area (Å²) in [6, 6.07) is 0.560. The van der Waals surface area contributed by atoms with Crippen molar-refractivity contribution in [3.63, 3.8) is 0 Å². The highest BCUT2D eigenvalue weighted by molar-refractivity contribution is 5.18. The Hall–Kier alpha value is -0.830. The van der Waals surface area contributed by atoms with Crippen LogP contribution in [-0.2, 0) is 13.0 Å². The van der Waals surface area contributed by atoms with Gasteiger partial charge in [-0.1, -0.05) is 27.7 Å². The lowest BCUT2D eigenvalue weighted by molar-refractivity contribution is 0.415. The molecule has 3 nitrogen and oxygen atoms in total. The van der Waals surface area contributed by atoms with Crippen LogP contribution in [-0.4, -0.2) is 16.3 Å². The zero-order valence-corrected chi connectivity index (χ0v) is 11.8. The number of rotatable bonds is 8. The molecular formula is C14H27N3. The van der Waals surface area contributed by atoms with Crippen molar-refractivity contribution < 1.29 is 0 Å². The van der Waals surface area contributed by atoms with Crippen molar-refractivity contribution in [3.8, 4) is 0 Å². The molecular weight excluding hydrogens is 210 g/mol. The van der Waals surface area contributed by atoms with Crippen LogP contribution in [0.2, 0.25) is 0 Å². The Morgan fingerprint density at radius 1 is 1.24 bits per heavy atom. The predicted molar refractivity (Wildman–Crippen MR) is 73.2 cm³/mol. The smallest absolute Gasteiger partial charge is 0.0537 e. The molecule has 1 heterocycles. The second kappa shape index (κ2) is 7.49. The first kappa shape index (κ1) is 14.2. The quantitative estimate of drug-likeness (QED) is 0.703. The van der Waals surface area contributed by atoms with E-state index >= 15 is 0 Å². The van der Waals surface area contributed by atoms with Gasteiger partial charge in [0.05, 0.1) is 12.2 Å². The Morgan fingerprint density at radius 3 is 2.47 bits per heavy atom. The van der Waals surface area contributed by atoms with Gasteiger partial charge in [-0.25, -0.2) is 0 Å². The van der Waals surface area contributed by atoms with E-state index in [2.05, 4.69) is 42.8 Å². The fourth-order valence-electron chi connectivity index (χ4n) is 2.31. The van der Waals surface area contributed by atoms with E-state index in [1.807, 2.05) is 6.20 Å². The van der Waals surface area contributed by atoms with Gasteiger partial charge < -0.3 is 5.32 Å². The summed E-state index contributed by atoms with van der Waals surface area (Å²) < 4.78 is 2.24. The van der Waals surface area contributed by atoms with Gasteiger partial charge in [0.2, 0.25) is 0 Å². The summed E-state index contributed by atoms with van der Waals surface area (Å²) in [6.45, 7) is 10.9. The molecule has 0 aliphatic heterocycles. The Bertz CT molecular complexity index is 313. The van der Waals surface area contributed by atoms with E-state index in [1.54, 1.807) is 0 Å². The van der Waals surface area contributed by atoms with Crippen molar-refractivity contribution in [2.24, 2.45) is 0 Å². The molecule has 3 heteroatoms. The van der Waals surface area contributed by atoms with Crippen molar-refractivity contribution >= 4 is 0 Å². The van der Waals surface area contributed by atoms with Gasteiger partial charge in [0.1, 0.15) is 0 Å². The Balaban J connectivity index is 2.79. The minimum Gasteiger partial charge on any atom is -0.313 e. The molecule has 1 N–H and O–H groups in total. The molecule has 0 aromatic carbocycles. The average Bonchev–Trinajstić information content (AvgIpc) is 2.74. The molecule has 0 atom stereocenters. The summed E-state index contributed by atoms with van der Waals surface area (Å²) in [7, 11) is 0. The maximum atomic E-state index is 4.58. The molecule has 0 amide bonds. The summed E-state index contributed by atoms with van der Waals surface area (Å²) in [5, 5.41) is 8.05. The van der Waals surface area contributed by atoms with Gasteiger partial charge in [-0.3, -0.25) is 4.68 Å². The average molecular weight is 237 g/mol. The van der Waals surface area contributed by atoms with Crippen LogP contribution in [0.15, 0.2) is 6.20 Å². The summed E-state index contributed by atoms with van der Waals surface area (Å²) in [5.41, 5.74) is 2.77. The van der Waals surface area contributed by atoms with Crippen LogP contribution in [0.1, 0.15) is 64.3 Å². The zero-order valence-electron chi connectivity index (χ0n) is 11.8. The summed E-state index contributed by atoms with van der Waals surface area (Å²) in [6.07, 6.45) is 6.61. The molecule has 0 aliphatic rings. The first-order chi connectivity index (χ1) is 8.28. The fourth-order valence-corrected chi connectivity index (χ4v) is 2.31. The van der Waals surface area contributed by atoms with Gasteiger partial charge in [-0.2, -0.15) is 5.10 Å². The molecule has 1 aromatic heterocycles. The van der Waals surface area contributed by atoms with E-state index in [1.165, 1.54) is 17.7 Å². The molecule has 1 rings (SSSR count). The fraction of sp³-hybridized carbons (Fsp3) is 0.786. The van der Waals surface area contributed by atoms with Crippen molar-refractivity contribution in [1.82, 2.24) is 15.1 Å². The summed E-state index contributed by atoms with van der Waals surface area (Å²) in [5.74, 6) is 0. The Morgan fingerprint density at radius 2 is 1.94 bits per heavy atom. The van der Waals surface area contributed by atoms with E-state index in [4.69, 9.17) is 0 Å². The predicted octanol–water partition coefficient (Wildman–Crippen LogP) is 3.31. The second-order valence-electron chi connectivity index (χ2n) is 4.56. The number of nitrogens with one attached hydrogen (secondary N) is 1. The molecule has 98 valence electrons. The Labute approximate surface area is 106 Å². The highest BCUT2D eigenvalue weighted by Gasteiger charge is 2.14. The number of hydrogen-bond acceptors (Lipinski definition) is 2. The minimum absolute atomic E-state index is 0.560. The standard InChI is InChI=1S/C14H27N3/c1-5-9-15-10-12-11-16-17(14(12)8-4)13(6-2)7-3/h11,13,15H,5-10H2,1-4H3. The number of hydrogen-bond donors (Lipinski definition) is 1. The third-order valence-electron chi connectivity index (χ3n) is 3.35. The van der Waals surface area contributed by atoms with E-state index in [-0.39, 0.29) is 0 Å². The van der Waals surface area contributed by atoms with Gasteiger partial charge in [-0.15, -0.1) is 0 Å². The lowest BCUT2D eigenvalue weighted by Gasteiger charge is -2.17. The molecule has 17 heavy (non-hydrogen) atoms. The van der Waals surface area contributed by atoms with Crippen LogP contribution in [0.25, 0.3) is 0 Å². The van der Waals surface area contributed by atoms with E-state index in [0.717, 1.165) is 32.4 Å². The monoisotopic (exact) mass is 237 g/mol. The second-order valence-corrected chi connectivity index (χ2v) is 4.56. The molecule has 1 aromatic rings. The van der Waals surface area contributed by atoms with Crippen molar-refractivity contribution in [2.45, 2.75) is 66.0 Å². The molecule has 0 radical (unpaired) electrons. The highest BCUT2D eigenvalue weighted by atomic mass is 15.3. The normalized spacial score (nSPS) is 11.4. The van der Waals surface area contributed by atoms with Crippen LogP contribution in [0.4, 0.5) is 0 Å². The van der Waals surface area contributed by atoms with Gasteiger partial charge in [0.25, 0.3) is 0 Å². The molecule has 0 bridgehead atoms. The first-order valence-corrected chi connectivity index (χ1v) is 7.04. The van der Waals surface area contributed by atoms with Crippen molar-refractivity contribution in [3.05, 3.63) is 17.5 Å². The number of aromatic nitrogens is 2. The van der Waals surface area contributed by atoms with E-state index in [0.29, 0.717) is 6.04 Å². The Kier molecular flexibility index (Phi) is 6.27. The van der Waals surface area contributed by atoms with Gasteiger partial charge in [0, 0.05) is 17.8 Å². The largest absolute Gasteiger partial charge is 0.313 e. The van der Waals surface area contributed by atoms with Gasteiger partial charge >= 0.3 is 0 Å². The van der Waals surface area contributed by atoms with Crippen molar-refractivity contribution in [2.75, 3.05) is 6.54 Å².